The molecule has 1 N–H and O–H groups in total. The number of carboxylic acid groups (broad SMARTS) is 1. The van der Waals surface area contributed by atoms with Crippen LogP contribution < -0.4 is 0 Å². The Hall–Kier alpha value is -1.06. The molecule has 3 nitrogen and oxygen atoms in total. The van der Waals surface area contributed by atoms with E-state index in [9.17, 15) is 4.79 Å². The predicted octanol–water partition coefficient (Wildman–Crippen LogP) is 3.34. The second kappa shape index (κ2) is 6.40. The van der Waals surface area contributed by atoms with Crippen molar-refractivity contribution in [1.82, 2.24) is 4.90 Å². The van der Waals surface area contributed by atoms with Gasteiger partial charge in [-0.05, 0) is 62.0 Å². The van der Waals surface area contributed by atoms with Crippen LogP contribution in [-0.4, -0.2) is 29.1 Å². The first-order valence-corrected chi connectivity index (χ1v) is 7.11. The molecule has 0 atom stereocenters. The Morgan fingerprint density at radius 2 is 2.11 bits per heavy atom. The number of carboxylic acids is 1. The molecule has 1 aromatic carbocycles. The standard InChI is InChI=1S/C15H20ClNO2/c1-11-8-14(16)3-2-13(11)10-17-6-4-12(5-7-17)9-15(18)19/h2-3,8,12H,4-7,9-10H2,1H3,(H,18,19). The molecule has 1 saturated heterocycles. The van der Waals surface area contributed by atoms with E-state index in [0.29, 0.717) is 12.3 Å². The topological polar surface area (TPSA) is 40.5 Å². The Bertz CT molecular complexity index is 453. The number of likely N-dealkylation sites (tertiary alicyclic amines) is 1. The van der Waals surface area contributed by atoms with Crippen molar-refractivity contribution in [3.8, 4) is 0 Å². The summed E-state index contributed by atoms with van der Waals surface area (Å²) >= 11 is 5.96. The van der Waals surface area contributed by atoms with Gasteiger partial charge in [0.1, 0.15) is 0 Å². The second-order valence-corrected chi connectivity index (χ2v) is 5.82. The fourth-order valence-corrected chi connectivity index (χ4v) is 2.90. The highest BCUT2D eigenvalue weighted by Gasteiger charge is 2.21. The number of piperidine rings is 1. The zero-order chi connectivity index (χ0) is 13.8. The SMILES string of the molecule is Cc1cc(Cl)ccc1CN1CCC(CC(=O)O)CC1. The monoisotopic (exact) mass is 281 g/mol. The largest absolute Gasteiger partial charge is 0.481 e. The maximum absolute atomic E-state index is 10.7. The summed E-state index contributed by atoms with van der Waals surface area (Å²) in [4.78, 5) is 13.1. The third kappa shape index (κ3) is 4.22. The molecule has 1 aliphatic heterocycles. The van der Waals surface area contributed by atoms with E-state index in [0.717, 1.165) is 37.5 Å². The van der Waals surface area contributed by atoms with Crippen LogP contribution in [0.5, 0.6) is 0 Å². The second-order valence-electron chi connectivity index (χ2n) is 5.39. The minimum atomic E-state index is -0.674. The summed E-state index contributed by atoms with van der Waals surface area (Å²) in [5, 5.41) is 9.58. The first-order valence-electron chi connectivity index (χ1n) is 6.74. The van der Waals surface area contributed by atoms with Crippen LogP contribution in [0.15, 0.2) is 18.2 Å². The van der Waals surface area contributed by atoms with Crippen LogP contribution in [0.2, 0.25) is 5.02 Å². The van der Waals surface area contributed by atoms with Gasteiger partial charge in [0, 0.05) is 18.0 Å². The molecule has 0 radical (unpaired) electrons. The molecule has 0 aromatic heterocycles. The molecule has 104 valence electrons. The average Bonchev–Trinajstić information content (AvgIpc) is 2.34. The van der Waals surface area contributed by atoms with Crippen LogP contribution in [0, 0.1) is 12.8 Å². The molecule has 2 rings (SSSR count). The molecular weight excluding hydrogens is 262 g/mol. The highest BCUT2D eigenvalue weighted by Crippen LogP contribution is 2.23. The smallest absolute Gasteiger partial charge is 0.303 e. The lowest BCUT2D eigenvalue weighted by molar-refractivity contribution is -0.138. The fourth-order valence-electron chi connectivity index (χ4n) is 2.67. The minimum absolute atomic E-state index is 0.313. The highest BCUT2D eigenvalue weighted by molar-refractivity contribution is 6.30. The molecule has 0 saturated carbocycles. The van der Waals surface area contributed by atoms with Crippen molar-refractivity contribution >= 4 is 17.6 Å². The number of aliphatic carboxylic acids is 1. The number of halogens is 1. The van der Waals surface area contributed by atoms with E-state index < -0.39 is 5.97 Å². The van der Waals surface area contributed by atoms with Crippen LogP contribution in [0.1, 0.15) is 30.4 Å². The molecule has 0 spiro atoms. The number of nitrogens with zero attached hydrogens (tertiary/aromatic N) is 1. The van der Waals surface area contributed by atoms with Gasteiger partial charge in [0.25, 0.3) is 0 Å². The van der Waals surface area contributed by atoms with E-state index in [-0.39, 0.29) is 0 Å². The van der Waals surface area contributed by atoms with E-state index in [2.05, 4.69) is 17.9 Å². The number of hydrogen-bond acceptors (Lipinski definition) is 2. The van der Waals surface area contributed by atoms with Crippen LogP contribution in [-0.2, 0) is 11.3 Å². The minimum Gasteiger partial charge on any atom is -0.481 e. The molecule has 0 unspecified atom stereocenters. The van der Waals surface area contributed by atoms with Crippen molar-refractivity contribution in [1.29, 1.82) is 0 Å². The summed E-state index contributed by atoms with van der Waals surface area (Å²) < 4.78 is 0. The highest BCUT2D eigenvalue weighted by atomic mass is 35.5. The molecule has 1 fully saturated rings. The number of aryl methyl sites for hydroxylation is 1. The van der Waals surface area contributed by atoms with Crippen molar-refractivity contribution in [2.24, 2.45) is 5.92 Å². The van der Waals surface area contributed by atoms with E-state index in [4.69, 9.17) is 16.7 Å². The van der Waals surface area contributed by atoms with Gasteiger partial charge in [0.2, 0.25) is 0 Å². The van der Waals surface area contributed by atoms with Crippen molar-refractivity contribution < 1.29 is 9.90 Å². The van der Waals surface area contributed by atoms with Crippen molar-refractivity contribution in [3.05, 3.63) is 34.3 Å². The Morgan fingerprint density at radius 1 is 1.42 bits per heavy atom. The molecule has 0 amide bonds. The molecule has 4 heteroatoms. The van der Waals surface area contributed by atoms with Gasteiger partial charge < -0.3 is 5.11 Å². The van der Waals surface area contributed by atoms with Crippen LogP contribution in [0.4, 0.5) is 0 Å². The third-order valence-electron chi connectivity index (χ3n) is 3.87. The normalized spacial score (nSPS) is 17.6. The maximum atomic E-state index is 10.7. The summed E-state index contributed by atoms with van der Waals surface area (Å²) in [6.07, 6.45) is 2.28. The quantitative estimate of drug-likeness (QED) is 0.920. The molecule has 1 heterocycles. The Morgan fingerprint density at radius 3 is 2.68 bits per heavy atom. The summed E-state index contributed by atoms with van der Waals surface area (Å²) in [5.74, 6) is -0.327. The predicted molar refractivity (Wildman–Crippen MR) is 76.4 cm³/mol. The van der Waals surface area contributed by atoms with Gasteiger partial charge in [-0.2, -0.15) is 0 Å². The first kappa shape index (κ1) is 14.4. The summed E-state index contributed by atoms with van der Waals surface area (Å²) in [5.41, 5.74) is 2.53. The molecule has 19 heavy (non-hydrogen) atoms. The fraction of sp³-hybridized carbons (Fsp3) is 0.533. The number of carbonyl (C=O) groups is 1. The number of benzene rings is 1. The first-order chi connectivity index (χ1) is 9.04. The lowest BCUT2D eigenvalue weighted by atomic mass is 9.93. The van der Waals surface area contributed by atoms with Gasteiger partial charge in [-0.15, -0.1) is 0 Å². The molecule has 1 aromatic rings. The Balaban J connectivity index is 1.87. The molecular formula is C15H20ClNO2. The lowest BCUT2D eigenvalue weighted by Crippen LogP contribution is -2.34. The van der Waals surface area contributed by atoms with E-state index in [1.54, 1.807) is 0 Å². The molecule has 0 aliphatic carbocycles. The maximum Gasteiger partial charge on any atom is 0.303 e. The van der Waals surface area contributed by atoms with Crippen molar-refractivity contribution in [2.75, 3.05) is 13.1 Å². The molecule has 1 aliphatic rings. The van der Waals surface area contributed by atoms with Gasteiger partial charge in [-0.25, -0.2) is 0 Å². The lowest BCUT2D eigenvalue weighted by Gasteiger charge is -2.31. The van der Waals surface area contributed by atoms with Crippen molar-refractivity contribution in [2.45, 2.75) is 32.7 Å². The zero-order valence-electron chi connectivity index (χ0n) is 11.2. The Labute approximate surface area is 119 Å². The summed E-state index contributed by atoms with van der Waals surface area (Å²) in [6, 6.07) is 6.01. The number of rotatable bonds is 4. The Kier molecular flexibility index (Phi) is 4.83. The van der Waals surface area contributed by atoms with Gasteiger partial charge in [-0.3, -0.25) is 9.69 Å². The van der Waals surface area contributed by atoms with Crippen molar-refractivity contribution in [3.63, 3.8) is 0 Å². The van der Waals surface area contributed by atoms with Crippen LogP contribution in [0.3, 0.4) is 0 Å². The van der Waals surface area contributed by atoms with Crippen LogP contribution >= 0.6 is 11.6 Å². The summed E-state index contributed by atoms with van der Waals surface area (Å²) in [7, 11) is 0. The molecule has 0 bridgehead atoms. The number of hydrogen-bond donors (Lipinski definition) is 1. The van der Waals surface area contributed by atoms with E-state index in [1.165, 1.54) is 11.1 Å². The van der Waals surface area contributed by atoms with Gasteiger partial charge in [0.15, 0.2) is 0 Å². The summed E-state index contributed by atoms with van der Waals surface area (Å²) in [6.45, 7) is 4.99. The van der Waals surface area contributed by atoms with Crippen LogP contribution in [0.25, 0.3) is 0 Å². The van der Waals surface area contributed by atoms with Gasteiger partial charge in [-0.1, -0.05) is 17.7 Å². The third-order valence-corrected chi connectivity index (χ3v) is 4.10. The average molecular weight is 282 g/mol. The van der Waals surface area contributed by atoms with E-state index >= 15 is 0 Å². The van der Waals surface area contributed by atoms with Gasteiger partial charge >= 0.3 is 5.97 Å². The van der Waals surface area contributed by atoms with E-state index in [1.807, 2.05) is 12.1 Å². The van der Waals surface area contributed by atoms with Gasteiger partial charge in [0.05, 0.1) is 0 Å². The zero-order valence-corrected chi connectivity index (χ0v) is 12.0.